The van der Waals surface area contributed by atoms with E-state index in [1.807, 2.05) is 0 Å². The molecule has 5 nitrogen and oxygen atoms in total. The van der Waals surface area contributed by atoms with Crippen LogP contribution in [0.5, 0.6) is 11.5 Å². The number of hydrogen-bond donors (Lipinski definition) is 0. The molecule has 0 heterocycles. The Bertz CT molecular complexity index is 315. The van der Waals surface area contributed by atoms with Crippen molar-refractivity contribution in [3.63, 3.8) is 0 Å². The van der Waals surface area contributed by atoms with Crippen molar-refractivity contribution in [3.05, 3.63) is 28.3 Å². The van der Waals surface area contributed by atoms with Crippen molar-refractivity contribution in [2.75, 3.05) is 7.11 Å². The summed E-state index contributed by atoms with van der Waals surface area (Å²) in [7, 11) is 1.29. The first kappa shape index (κ1) is 12.9. The molecule has 0 amide bonds. The zero-order valence-corrected chi connectivity index (χ0v) is 10.4. The maximum absolute atomic E-state index is 10.9. The Morgan fingerprint density at radius 2 is 2.08 bits per heavy atom. The van der Waals surface area contributed by atoms with Gasteiger partial charge in [0.05, 0.1) is 18.1 Å². The zero-order chi connectivity index (χ0) is 9.14. The largest absolute Gasteiger partial charge is 1.00 e. The molecule has 0 saturated carbocycles. The van der Waals surface area contributed by atoms with Crippen LogP contribution >= 0.6 is 0 Å². The molecule has 0 spiro atoms. The summed E-state index contributed by atoms with van der Waals surface area (Å²) in [5.74, 6) is -0.368. The number of rotatable bonds is 2. The van der Waals surface area contributed by atoms with Gasteiger partial charge in [0, 0.05) is 6.07 Å². The summed E-state index contributed by atoms with van der Waals surface area (Å²) < 4.78 is 4.62. The maximum atomic E-state index is 10.9. The van der Waals surface area contributed by atoms with Crippen molar-refractivity contribution in [1.29, 1.82) is 0 Å². The Hall–Kier alpha value is -0.144. The van der Waals surface area contributed by atoms with Gasteiger partial charge in [-0.3, -0.25) is 10.1 Å². The van der Waals surface area contributed by atoms with Crippen LogP contribution in [0.25, 0.3) is 0 Å². The molecular formula is C7H6KNO4. The fourth-order valence-corrected chi connectivity index (χ4v) is 0.770. The molecule has 0 radical (unpaired) electrons. The molecule has 0 aliphatic heterocycles. The molecule has 6 heteroatoms. The smallest absolute Gasteiger partial charge is 0.870 e. The van der Waals surface area contributed by atoms with Crippen molar-refractivity contribution in [1.82, 2.24) is 0 Å². The molecule has 1 aromatic rings. The summed E-state index contributed by atoms with van der Waals surface area (Å²) in [6, 6.07) is 3.35. The van der Waals surface area contributed by atoms with Crippen molar-refractivity contribution >= 4 is 5.69 Å². The molecular weight excluding hydrogens is 201 g/mol. The van der Waals surface area contributed by atoms with E-state index in [4.69, 9.17) is 0 Å². The van der Waals surface area contributed by atoms with Gasteiger partial charge in [-0.05, 0) is 0 Å². The number of ether oxygens (including phenoxy) is 1. The van der Waals surface area contributed by atoms with Gasteiger partial charge < -0.3 is 9.84 Å². The first-order chi connectivity index (χ1) is 5.65. The summed E-state index contributed by atoms with van der Waals surface area (Å²) in [5, 5.41) is 21.1. The Morgan fingerprint density at radius 3 is 2.54 bits per heavy atom. The number of non-ortho nitro benzene ring substituents is 1. The molecule has 0 unspecified atom stereocenters. The predicted octanol–water partition coefficient (Wildman–Crippen LogP) is -2.32. The molecule has 0 aliphatic carbocycles. The fourth-order valence-electron chi connectivity index (χ4n) is 0.770. The number of nitro groups is 1. The molecule has 13 heavy (non-hydrogen) atoms. The quantitative estimate of drug-likeness (QED) is 0.310. The Kier molecular flexibility index (Phi) is 5.50. The van der Waals surface area contributed by atoms with E-state index in [-0.39, 0.29) is 68.6 Å². The number of benzene rings is 1. The monoisotopic (exact) mass is 207 g/mol. The average Bonchev–Trinajstić information content (AvgIpc) is 2.05. The van der Waals surface area contributed by atoms with E-state index in [2.05, 4.69) is 4.74 Å². The zero-order valence-electron chi connectivity index (χ0n) is 7.31. The van der Waals surface area contributed by atoms with Crippen LogP contribution in [-0.4, -0.2) is 12.0 Å². The minimum absolute atomic E-state index is 0. The molecule has 0 saturated heterocycles. The van der Waals surface area contributed by atoms with E-state index in [1.54, 1.807) is 0 Å². The van der Waals surface area contributed by atoms with E-state index in [9.17, 15) is 15.2 Å². The minimum Gasteiger partial charge on any atom is -0.870 e. The van der Waals surface area contributed by atoms with Gasteiger partial charge in [-0.2, -0.15) is 0 Å². The van der Waals surface area contributed by atoms with Crippen LogP contribution in [0.4, 0.5) is 5.69 Å². The normalized spacial score (nSPS) is 8.69. The minimum atomic E-state index is -0.581. The molecule has 0 atom stereocenters. The summed E-state index contributed by atoms with van der Waals surface area (Å²) in [6.07, 6.45) is 0. The molecule has 0 bridgehead atoms. The SMILES string of the molecule is COc1cc([N+](=O)[O-])ccc1[O-].[K+]. The standard InChI is InChI=1S/C7H7NO4.K/c1-12-7-4-5(8(10)11)2-3-6(7)9;/h2-4,9H,1H3;/q;+1/p-1. The van der Waals surface area contributed by atoms with E-state index >= 15 is 0 Å². The molecule has 0 fully saturated rings. The maximum Gasteiger partial charge on any atom is 1.00 e. The van der Waals surface area contributed by atoms with Crippen LogP contribution < -0.4 is 61.2 Å². The van der Waals surface area contributed by atoms with Crippen molar-refractivity contribution in [3.8, 4) is 11.5 Å². The number of hydrogen-bond acceptors (Lipinski definition) is 4. The molecule has 64 valence electrons. The third-order valence-electron chi connectivity index (χ3n) is 1.36. The first-order valence-electron chi connectivity index (χ1n) is 3.14. The summed E-state index contributed by atoms with van der Waals surface area (Å²) in [6.45, 7) is 0. The van der Waals surface area contributed by atoms with E-state index < -0.39 is 4.92 Å². The topological polar surface area (TPSA) is 75.4 Å². The van der Waals surface area contributed by atoms with Gasteiger partial charge in [0.2, 0.25) is 0 Å². The molecule has 0 aliphatic rings. The first-order valence-corrected chi connectivity index (χ1v) is 3.14. The van der Waals surface area contributed by atoms with Gasteiger partial charge >= 0.3 is 51.4 Å². The van der Waals surface area contributed by atoms with Crippen LogP contribution in [-0.2, 0) is 0 Å². The molecule has 0 aromatic heterocycles. The Labute approximate surface area is 117 Å². The van der Waals surface area contributed by atoms with Crippen molar-refractivity contribution in [2.24, 2.45) is 0 Å². The van der Waals surface area contributed by atoms with Gasteiger partial charge in [-0.1, -0.05) is 11.8 Å². The summed E-state index contributed by atoms with van der Waals surface area (Å²) >= 11 is 0. The number of nitrogens with zero attached hydrogens (tertiary/aromatic N) is 1. The van der Waals surface area contributed by atoms with Crippen molar-refractivity contribution in [2.45, 2.75) is 0 Å². The van der Waals surface area contributed by atoms with Gasteiger partial charge in [0.25, 0.3) is 5.69 Å². The second-order valence-electron chi connectivity index (χ2n) is 2.09. The Morgan fingerprint density at radius 1 is 1.46 bits per heavy atom. The number of nitro benzene ring substituents is 1. The van der Waals surface area contributed by atoms with E-state index in [1.165, 1.54) is 7.11 Å². The van der Waals surface area contributed by atoms with Crippen LogP contribution in [0, 0.1) is 10.1 Å². The third kappa shape index (κ3) is 3.24. The third-order valence-corrected chi connectivity index (χ3v) is 1.36. The van der Waals surface area contributed by atoms with Gasteiger partial charge in [-0.15, -0.1) is 0 Å². The van der Waals surface area contributed by atoms with Gasteiger partial charge in [0.15, 0.2) is 0 Å². The molecule has 1 aromatic carbocycles. The molecule has 0 N–H and O–H groups in total. The predicted molar refractivity (Wildman–Crippen MR) is 39.1 cm³/mol. The second kappa shape index (κ2) is 5.56. The van der Waals surface area contributed by atoms with Crippen LogP contribution in [0.3, 0.4) is 0 Å². The second-order valence-corrected chi connectivity index (χ2v) is 2.09. The van der Waals surface area contributed by atoms with Crippen LogP contribution in [0.2, 0.25) is 0 Å². The van der Waals surface area contributed by atoms with Gasteiger partial charge in [-0.25, -0.2) is 0 Å². The van der Waals surface area contributed by atoms with Crippen LogP contribution in [0.15, 0.2) is 18.2 Å². The Balaban J connectivity index is 0.00000144. The average molecular weight is 207 g/mol. The fraction of sp³-hybridized carbons (Fsp3) is 0.143. The molecule has 1 rings (SSSR count). The van der Waals surface area contributed by atoms with Crippen molar-refractivity contribution < 1.29 is 66.2 Å². The van der Waals surface area contributed by atoms with E-state index in [0.717, 1.165) is 18.2 Å². The van der Waals surface area contributed by atoms with Gasteiger partial charge in [0.1, 0.15) is 5.75 Å². The summed E-state index contributed by atoms with van der Waals surface area (Å²) in [4.78, 5) is 9.65. The van der Waals surface area contributed by atoms with Crippen LogP contribution in [0.1, 0.15) is 0 Å². The number of methoxy groups -OCH3 is 1. The summed E-state index contributed by atoms with van der Waals surface area (Å²) in [5.41, 5.74) is -0.147. The van der Waals surface area contributed by atoms with E-state index in [0.29, 0.717) is 0 Å².